The maximum absolute atomic E-state index is 12.2. The average molecular weight is 264 g/mol. The molecule has 0 aromatic carbocycles. The number of rotatable bonds is 6. The van der Waals surface area contributed by atoms with Crippen molar-refractivity contribution in [3.05, 3.63) is 29.6 Å². The van der Waals surface area contributed by atoms with Crippen molar-refractivity contribution in [1.29, 1.82) is 0 Å². The molecule has 0 saturated heterocycles. The number of hydrogen-bond acceptors (Lipinski definition) is 4. The summed E-state index contributed by atoms with van der Waals surface area (Å²) < 4.78 is 0. The van der Waals surface area contributed by atoms with Crippen molar-refractivity contribution in [2.24, 2.45) is 17.4 Å². The second-order valence-corrected chi connectivity index (χ2v) is 4.80. The van der Waals surface area contributed by atoms with E-state index in [-0.39, 0.29) is 18.4 Å². The number of hydrogen-bond donors (Lipinski definition) is 2. The number of amides is 2. The first-order valence-electron chi connectivity index (χ1n) is 6.16. The molecule has 104 valence electrons. The molecule has 2 amide bonds. The molecule has 0 spiro atoms. The number of carbonyl (C=O) groups excluding carboxylic acids is 2. The summed E-state index contributed by atoms with van der Waals surface area (Å²) in [5.74, 6) is -0.588. The van der Waals surface area contributed by atoms with E-state index in [4.69, 9.17) is 11.5 Å². The zero-order chi connectivity index (χ0) is 14.4. The standard InChI is InChI=1S/C13H20N4O2/c1-9(2)7-17(8-12(15)18)13(19)11-4-3-10(5-14)6-16-11/h3-4,6,9H,5,7-8,14H2,1-2H3,(H2,15,18). The van der Waals surface area contributed by atoms with Crippen LogP contribution in [0.2, 0.25) is 0 Å². The predicted molar refractivity (Wildman–Crippen MR) is 72.1 cm³/mol. The molecular weight excluding hydrogens is 244 g/mol. The highest BCUT2D eigenvalue weighted by Gasteiger charge is 2.19. The van der Waals surface area contributed by atoms with Gasteiger partial charge in [-0.15, -0.1) is 0 Å². The molecule has 0 bridgehead atoms. The van der Waals surface area contributed by atoms with Gasteiger partial charge >= 0.3 is 0 Å². The van der Waals surface area contributed by atoms with E-state index < -0.39 is 5.91 Å². The Morgan fingerprint density at radius 3 is 2.47 bits per heavy atom. The van der Waals surface area contributed by atoms with Crippen LogP contribution in [0.3, 0.4) is 0 Å². The van der Waals surface area contributed by atoms with Gasteiger partial charge in [-0.05, 0) is 17.5 Å². The van der Waals surface area contributed by atoms with Crippen molar-refractivity contribution < 1.29 is 9.59 Å². The van der Waals surface area contributed by atoms with Crippen LogP contribution in [-0.2, 0) is 11.3 Å². The van der Waals surface area contributed by atoms with Gasteiger partial charge in [-0.2, -0.15) is 0 Å². The van der Waals surface area contributed by atoms with Crippen molar-refractivity contribution >= 4 is 11.8 Å². The molecule has 6 heteroatoms. The molecule has 1 aromatic heterocycles. The van der Waals surface area contributed by atoms with Gasteiger partial charge in [0.1, 0.15) is 5.69 Å². The Hall–Kier alpha value is -1.95. The van der Waals surface area contributed by atoms with Crippen molar-refractivity contribution in [2.45, 2.75) is 20.4 Å². The summed E-state index contributed by atoms with van der Waals surface area (Å²) in [6.07, 6.45) is 1.56. The Morgan fingerprint density at radius 2 is 2.05 bits per heavy atom. The highest BCUT2D eigenvalue weighted by atomic mass is 16.2. The molecule has 0 atom stereocenters. The minimum absolute atomic E-state index is 0.0999. The molecular formula is C13H20N4O2. The summed E-state index contributed by atoms with van der Waals surface area (Å²) in [5.41, 5.74) is 11.8. The zero-order valence-electron chi connectivity index (χ0n) is 11.3. The maximum atomic E-state index is 12.2. The number of nitrogens with zero attached hydrogens (tertiary/aromatic N) is 2. The van der Waals surface area contributed by atoms with Crippen molar-refractivity contribution in [2.75, 3.05) is 13.1 Å². The number of carbonyl (C=O) groups is 2. The predicted octanol–water partition coefficient (Wildman–Crippen LogP) is 0.124. The molecule has 19 heavy (non-hydrogen) atoms. The Kier molecular flexibility index (Phi) is 5.44. The zero-order valence-corrected chi connectivity index (χ0v) is 11.3. The first-order chi connectivity index (χ1) is 8.93. The van der Waals surface area contributed by atoms with Crippen LogP contribution in [0, 0.1) is 5.92 Å². The van der Waals surface area contributed by atoms with Crippen molar-refractivity contribution in [3.63, 3.8) is 0 Å². The Bertz CT molecular complexity index is 442. The Morgan fingerprint density at radius 1 is 1.37 bits per heavy atom. The van der Waals surface area contributed by atoms with E-state index in [2.05, 4.69) is 4.98 Å². The van der Waals surface area contributed by atoms with Crippen LogP contribution >= 0.6 is 0 Å². The summed E-state index contributed by atoms with van der Waals surface area (Å²) in [5, 5.41) is 0. The molecule has 1 aromatic rings. The first kappa shape index (κ1) is 15.1. The lowest BCUT2D eigenvalue weighted by Crippen LogP contribution is -2.40. The minimum atomic E-state index is -0.535. The normalized spacial score (nSPS) is 10.5. The van der Waals surface area contributed by atoms with E-state index in [1.165, 1.54) is 4.90 Å². The maximum Gasteiger partial charge on any atom is 0.272 e. The lowest BCUT2D eigenvalue weighted by Gasteiger charge is -2.22. The van der Waals surface area contributed by atoms with Crippen LogP contribution in [0.4, 0.5) is 0 Å². The number of primary amides is 1. The molecule has 0 radical (unpaired) electrons. The third kappa shape index (κ3) is 4.67. The molecule has 4 N–H and O–H groups in total. The largest absolute Gasteiger partial charge is 0.368 e. The van der Waals surface area contributed by atoms with Gasteiger partial charge < -0.3 is 16.4 Å². The number of pyridine rings is 1. The highest BCUT2D eigenvalue weighted by Crippen LogP contribution is 2.06. The number of nitrogens with two attached hydrogens (primary N) is 2. The molecule has 0 saturated carbocycles. The van der Waals surface area contributed by atoms with Gasteiger partial charge in [-0.1, -0.05) is 19.9 Å². The second-order valence-electron chi connectivity index (χ2n) is 4.80. The third-order valence-electron chi connectivity index (χ3n) is 2.50. The van der Waals surface area contributed by atoms with Gasteiger partial charge in [0.05, 0.1) is 6.54 Å². The van der Waals surface area contributed by atoms with Crippen molar-refractivity contribution in [3.8, 4) is 0 Å². The smallest absolute Gasteiger partial charge is 0.272 e. The van der Waals surface area contributed by atoms with E-state index >= 15 is 0 Å². The molecule has 0 aliphatic carbocycles. The van der Waals surface area contributed by atoms with Crippen LogP contribution in [0.5, 0.6) is 0 Å². The topological polar surface area (TPSA) is 102 Å². The SMILES string of the molecule is CC(C)CN(CC(N)=O)C(=O)c1ccc(CN)cn1. The lowest BCUT2D eigenvalue weighted by molar-refractivity contribution is -0.118. The molecule has 0 unspecified atom stereocenters. The fraction of sp³-hybridized carbons (Fsp3) is 0.462. The first-order valence-corrected chi connectivity index (χ1v) is 6.16. The quantitative estimate of drug-likeness (QED) is 0.762. The van der Waals surface area contributed by atoms with Gasteiger partial charge in [0.15, 0.2) is 0 Å². The van der Waals surface area contributed by atoms with E-state index in [1.807, 2.05) is 13.8 Å². The molecule has 0 aliphatic rings. The lowest BCUT2D eigenvalue weighted by atomic mass is 10.2. The number of aromatic nitrogens is 1. The average Bonchev–Trinajstić information content (AvgIpc) is 2.36. The van der Waals surface area contributed by atoms with Gasteiger partial charge in [0.2, 0.25) is 5.91 Å². The second kappa shape index (κ2) is 6.84. The molecule has 1 rings (SSSR count). The molecule has 0 fully saturated rings. The van der Waals surface area contributed by atoms with Gasteiger partial charge in [0.25, 0.3) is 5.91 Å². The summed E-state index contributed by atoms with van der Waals surface area (Å²) in [7, 11) is 0. The van der Waals surface area contributed by atoms with E-state index in [1.54, 1.807) is 18.3 Å². The monoisotopic (exact) mass is 264 g/mol. The van der Waals surface area contributed by atoms with Gasteiger partial charge in [-0.3, -0.25) is 14.6 Å². The summed E-state index contributed by atoms with van der Waals surface area (Å²) in [6.45, 7) is 4.66. The third-order valence-corrected chi connectivity index (χ3v) is 2.50. The highest BCUT2D eigenvalue weighted by molar-refractivity contribution is 5.94. The fourth-order valence-electron chi connectivity index (χ4n) is 1.68. The van der Waals surface area contributed by atoms with Crippen LogP contribution in [-0.4, -0.2) is 34.8 Å². The Balaban J connectivity index is 2.87. The van der Waals surface area contributed by atoms with Crippen LogP contribution < -0.4 is 11.5 Å². The van der Waals surface area contributed by atoms with Gasteiger partial charge in [-0.25, -0.2) is 0 Å². The van der Waals surface area contributed by atoms with E-state index in [0.717, 1.165) is 5.56 Å². The van der Waals surface area contributed by atoms with Crippen LogP contribution in [0.1, 0.15) is 29.9 Å². The fourth-order valence-corrected chi connectivity index (χ4v) is 1.68. The molecule has 0 aliphatic heterocycles. The molecule has 6 nitrogen and oxygen atoms in total. The van der Waals surface area contributed by atoms with E-state index in [9.17, 15) is 9.59 Å². The van der Waals surface area contributed by atoms with Crippen LogP contribution in [0.25, 0.3) is 0 Å². The van der Waals surface area contributed by atoms with E-state index in [0.29, 0.717) is 18.8 Å². The van der Waals surface area contributed by atoms with Gasteiger partial charge in [0, 0.05) is 19.3 Å². The van der Waals surface area contributed by atoms with Crippen molar-refractivity contribution in [1.82, 2.24) is 9.88 Å². The Labute approximate surface area is 112 Å². The van der Waals surface area contributed by atoms with Crippen LogP contribution in [0.15, 0.2) is 18.3 Å². The summed E-state index contributed by atoms with van der Waals surface area (Å²) in [4.78, 5) is 28.7. The minimum Gasteiger partial charge on any atom is -0.368 e. The summed E-state index contributed by atoms with van der Waals surface area (Å²) >= 11 is 0. The summed E-state index contributed by atoms with van der Waals surface area (Å²) in [6, 6.07) is 3.36. The molecule has 1 heterocycles.